The molecule has 0 aliphatic rings. The monoisotopic (exact) mass is 149 g/mol. The molecule has 11 heavy (non-hydrogen) atoms. The van der Waals surface area contributed by atoms with Crippen LogP contribution in [0.3, 0.4) is 0 Å². The average Bonchev–Trinajstić information content (AvgIpc) is 1.97. The lowest BCUT2D eigenvalue weighted by atomic mass is 10.3. The highest BCUT2D eigenvalue weighted by Gasteiger charge is 1.88. The van der Waals surface area contributed by atoms with Crippen molar-refractivity contribution >= 4 is 0 Å². The van der Waals surface area contributed by atoms with Gasteiger partial charge in [-0.15, -0.1) is 0 Å². The fourth-order valence-corrected chi connectivity index (χ4v) is 0.632. The number of nitrogens with zero attached hydrogens (tertiary/aromatic N) is 1. The molecule has 0 fully saturated rings. The lowest BCUT2D eigenvalue weighted by Crippen LogP contribution is -2.08. The predicted octanol–water partition coefficient (Wildman–Crippen LogP) is 2.36. The van der Waals surface area contributed by atoms with Crippen molar-refractivity contribution in [3.8, 4) is 0 Å². The molecule has 0 heterocycles. The fourth-order valence-electron chi connectivity index (χ4n) is 0.632. The summed E-state index contributed by atoms with van der Waals surface area (Å²) in [6.07, 6.45) is 9.35. The first kappa shape index (κ1) is 9.76. The summed E-state index contributed by atoms with van der Waals surface area (Å²) in [6, 6.07) is 0. The Bertz CT molecular complexity index is 185. The largest absolute Gasteiger partial charge is 0.378 e. The Hall–Kier alpha value is -1.24. The van der Waals surface area contributed by atoms with Crippen molar-refractivity contribution < 1.29 is 0 Å². The summed E-state index contributed by atoms with van der Waals surface area (Å²) in [5.74, 6) is 0. The van der Waals surface area contributed by atoms with Gasteiger partial charge in [0.2, 0.25) is 0 Å². The van der Waals surface area contributed by atoms with Crippen molar-refractivity contribution in [3.63, 3.8) is 0 Å². The van der Waals surface area contributed by atoms with E-state index in [2.05, 4.69) is 13.2 Å². The minimum atomic E-state index is 1.09. The zero-order valence-electron chi connectivity index (χ0n) is 7.25. The summed E-state index contributed by atoms with van der Waals surface area (Å²) in [4.78, 5) is 2.00. The van der Waals surface area contributed by atoms with Crippen LogP contribution in [0.4, 0.5) is 0 Å². The highest BCUT2D eigenvalue weighted by atomic mass is 15.1. The second kappa shape index (κ2) is 5.54. The van der Waals surface area contributed by atoms with Gasteiger partial charge in [0, 0.05) is 19.8 Å². The first-order valence-corrected chi connectivity index (χ1v) is 3.51. The van der Waals surface area contributed by atoms with E-state index in [1.807, 2.05) is 43.3 Å². The van der Waals surface area contributed by atoms with E-state index < -0.39 is 0 Å². The maximum Gasteiger partial charge on any atom is 0.0355 e. The molecule has 0 unspecified atom stereocenters. The predicted molar refractivity (Wildman–Crippen MR) is 51.3 cm³/mol. The van der Waals surface area contributed by atoms with Gasteiger partial charge in [-0.3, -0.25) is 0 Å². The highest BCUT2D eigenvalue weighted by molar-refractivity contribution is 5.21. The van der Waals surface area contributed by atoms with Crippen molar-refractivity contribution in [2.24, 2.45) is 0 Å². The molecule has 0 aromatic rings. The molecule has 0 spiro atoms. The molecule has 1 heteroatoms. The first-order valence-electron chi connectivity index (χ1n) is 3.51. The molecule has 0 saturated carbocycles. The molecule has 0 aliphatic heterocycles. The Kier molecular flexibility index (Phi) is 4.91. The number of hydrogen-bond donors (Lipinski definition) is 0. The summed E-state index contributed by atoms with van der Waals surface area (Å²) < 4.78 is 0. The van der Waals surface area contributed by atoms with Crippen molar-refractivity contribution in [1.82, 2.24) is 4.90 Å². The zero-order valence-corrected chi connectivity index (χ0v) is 7.25. The van der Waals surface area contributed by atoms with Gasteiger partial charge in [-0.2, -0.15) is 0 Å². The van der Waals surface area contributed by atoms with Gasteiger partial charge in [-0.25, -0.2) is 0 Å². The topological polar surface area (TPSA) is 3.24 Å². The van der Waals surface area contributed by atoms with Crippen LogP contribution in [0.2, 0.25) is 0 Å². The van der Waals surface area contributed by atoms with Crippen LogP contribution in [0.25, 0.3) is 0 Å². The summed E-state index contributed by atoms with van der Waals surface area (Å²) in [5.41, 5.74) is 1.09. The Balaban J connectivity index is 4.23. The number of rotatable bonds is 4. The zero-order chi connectivity index (χ0) is 8.69. The van der Waals surface area contributed by atoms with E-state index in [4.69, 9.17) is 0 Å². The summed E-state index contributed by atoms with van der Waals surface area (Å²) in [6.45, 7) is 7.26. The van der Waals surface area contributed by atoms with Crippen molar-refractivity contribution in [1.29, 1.82) is 0 Å². The van der Waals surface area contributed by atoms with Gasteiger partial charge >= 0.3 is 0 Å². The van der Waals surface area contributed by atoms with Crippen molar-refractivity contribution in [2.45, 2.75) is 0 Å². The summed E-state index contributed by atoms with van der Waals surface area (Å²) in [7, 11) is 3.96. The van der Waals surface area contributed by atoms with Crippen LogP contribution < -0.4 is 0 Å². The second-order valence-corrected chi connectivity index (χ2v) is 2.31. The van der Waals surface area contributed by atoms with Gasteiger partial charge in [0.15, 0.2) is 0 Å². The third-order valence-corrected chi connectivity index (χ3v) is 1.24. The van der Waals surface area contributed by atoms with Gasteiger partial charge in [0.25, 0.3) is 0 Å². The Labute approximate surface area is 69.0 Å². The summed E-state index contributed by atoms with van der Waals surface area (Å²) >= 11 is 0. The normalized spacial score (nSPS) is 11.6. The van der Waals surface area contributed by atoms with Crippen LogP contribution in [0.1, 0.15) is 0 Å². The molecular formula is C10H15N. The van der Waals surface area contributed by atoms with E-state index >= 15 is 0 Å². The van der Waals surface area contributed by atoms with E-state index in [0.29, 0.717) is 0 Å². The Morgan fingerprint density at radius 2 is 1.82 bits per heavy atom. The lowest BCUT2D eigenvalue weighted by molar-refractivity contribution is 0.530. The van der Waals surface area contributed by atoms with E-state index in [1.165, 1.54) is 0 Å². The molecule has 0 bridgehead atoms. The van der Waals surface area contributed by atoms with Crippen LogP contribution in [0, 0.1) is 0 Å². The standard InChI is InChI=1S/C10H15N/c1-5-7-8-9-10(6-2)11(3)4/h5-9H,1-2H2,3-4H3. The molecule has 0 amide bonds. The van der Waals surface area contributed by atoms with Gasteiger partial charge in [-0.1, -0.05) is 31.4 Å². The van der Waals surface area contributed by atoms with Crippen LogP contribution in [-0.2, 0) is 0 Å². The molecule has 0 aromatic carbocycles. The fraction of sp³-hybridized carbons (Fsp3) is 0.200. The molecule has 0 radical (unpaired) electrons. The minimum absolute atomic E-state index is 1.09. The molecule has 60 valence electrons. The van der Waals surface area contributed by atoms with Crippen LogP contribution >= 0.6 is 0 Å². The third kappa shape index (κ3) is 4.20. The maximum atomic E-state index is 3.69. The Morgan fingerprint density at radius 1 is 1.18 bits per heavy atom. The molecular weight excluding hydrogens is 134 g/mol. The van der Waals surface area contributed by atoms with Crippen LogP contribution in [-0.4, -0.2) is 19.0 Å². The highest BCUT2D eigenvalue weighted by Crippen LogP contribution is 1.98. The van der Waals surface area contributed by atoms with Gasteiger partial charge in [0.05, 0.1) is 0 Å². The summed E-state index contributed by atoms with van der Waals surface area (Å²) in [5, 5.41) is 0. The smallest absolute Gasteiger partial charge is 0.0355 e. The van der Waals surface area contributed by atoms with E-state index in [9.17, 15) is 0 Å². The van der Waals surface area contributed by atoms with E-state index in [-0.39, 0.29) is 0 Å². The molecule has 0 aromatic heterocycles. The maximum absolute atomic E-state index is 3.69. The molecule has 0 atom stereocenters. The lowest BCUT2D eigenvalue weighted by Gasteiger charge is -2.11. The number of hydrogen-bond acceptors (Lipinski definition) is 1. The van der Waals surface area contributed by atoms with Crippen LogP contribution in [0.15, 0.2) is 49.2 Å². The van der Waals surface area contributed by atoms with Gasteiger partial charge < -0.3 is 4.90 Å². The van der Waals surface area contributed by atoms with Crippen molar-refractivity contribution in [2.75, 3.05) is 14.1 Å². The minimum Gasteiger partial charge on any atom is -0.378 e. The van der Waals surface area contributed by atoms with Crippen LogP contribution in [0.5, 0.6) is 0 Å². The quantitative estimate of drug-likeness (QED) is 0.555. The molecule has 0 saturated heterocycles. The number of allylic oxidation sites excluding steroid dienone is 5. The Morgan fingerprint density at radius 3 is 2.18 bits per heavy atom. The number of likely N-dealkylation sites (N-methyl/N-ethyl adjacent to an activating group) is 1. The van der Waals surface area contributed by atoms with Gasteiger partial charge in [0.1, 0.15) is 0 Å². The third-order valence-electron chi connectivity index (χ3n) is 1.24. The molecule has 0 rings (SSSR count). The first-order chi connectivity index (χ1) is 5.22. The second-order valence-electron chi connectivity index (χ2n) is 2.31. The molecule has 0 N–H and O–H groups in total. The van der Waals surface area contributed by atoms with Gasteiger partial charge in [-0.05, 0) is 12.2 Å². The SMILES string of the molecule is C=CC=CC=C(C=C)N(C)C. The van der Waals surface area contributed by atoms with E-state index in [0.717, 1.165) is 5.70 Å². The molecule has 1 nitrogen and oxygen atoms in total. The average molecular weight is 149 g/mol. The van der Waals surface area contributed by atoms with E-state index in [1.54, 1.807) is 6.08 Å². The molecule has 0 aliphatic carbocycles. The van der Waals surface area contributed by atoms with Crippen molar-refractivity contribution in [3.05, 3.63) is 49.2 Å².